The molecular weight excluding hydrogens is 214 g/mol. The first kappa shape index (κ1) is 13.5. The molecule has 0 radical (unpaired) electrons. The van der Waals surface area contributed by atoms with E-state index in [0.29, 0.717) is 12.3 Å². The molecule has 0 aliphatic heterocycles. The molecular formula is C13H21N3O. The van der Waals surface area contributed by atoms with Crippen molar-refractivity contribution in [2.24, 2.45) is 10.9 Å². The molecule has 0 amide bonds. The van der Waals surface area contributed by atoms with Crippen molar-refractivity contribution < 1.29 is 5.21 Å². The van der Waals surface area contributed by atoms with Crippen molar-refractivity contribution in [1.82, 2.24) is 5.32 Å². The molecule has 0 fully saturated rings. The Morgan fingerprint density at radius 2 is 2.24 bits per heavy atom. The highest BCUT2D eigenvalue weighted by Gasteiger charge is 1.95. The summed E-state index contributed by atoms with van der Waals surface area (Å²) in [5.74, 6) is 0.297. The minimum atomic E-state index is 0.297. The van der Waals surface area contributed by atoms with Crippen LogP contribution in [0.5, 0.6) is 0 Å². The number of oxime groups is 1. The number of hydrogen-bond acceptors (Lipinski definition) is 3. The topological polar surface area (TPSA) is 70.6 Å². The molecule has 0 aliphatic carbocycles. The average Bonchev–Trinajstić information content (AvgIpc) is 2.33. The Bertz CT molecular complexity index is 363. The third-order valence-electron chi connectivity index (χ3n) is 2.59. The van der Waals surface area contributed by atoms with Crippen molar-refractivity contribution in [2.75, 3.05) is 13.1 Å². The van der Waals surface area contributed by atoms with Crippen molar-refractivity contribution in [2.45, 2.75) is 26.2 Å². The Kier molecular flexibility index (Phi) is 6.10. The van der Waals surface area contributed by atoms with Crippen molar-refractivity contribution in [3.8, 4) is 0 Å². The minimum absolute atomic E-state index is 0.297. The summed E-state index contributed by atoms with van der Waals surface area (Å²) in [4.78, 5) is 0. The zero-order chi connectivity index (χ0) is 12.5. The van der Waals surface area contributed by atoms with Gasteiger partial charge in [-0.3, -0.25) is 0 Å². The monoisotopic (exact) mass is 235 g/mol. The predicted molar refractivity (Wildman–Crippen MR) is 70.4 cm³/mol. The highest BCUT2D eigenvalue weighted by Crippen LogP contribution is 2.03. The summed E-state index contributed by atoms with van der Waals surface area (Å²) in [5, 5.41) is 14.6. The van der Waals surface area contributed by atoms with Crippen LogP contribution >= 0.6 is 0 Å². The molecule has 0 unspecified atom stereocenters. The molecule has 0 atom stereocenters. The highest BCUT2D eigenvalue weighted by molar-refractivity contribution is 5.79. The minimum Gasteiger partial charge on any atom is -0.409 e. The quantitative estimate of drug-likeness (QED) is 0.221. The van der Waals surface area contributed by atoms with Gasteiger partial charge in [-0.1, -0.05) is 35.0 Å². The Morgan fingerprint density at radius 1 is 1.41 bits per heavy atom. The van der Waals surface area contributed by atoms with Crippen LogP contribution in [0.4, 0.5) is 0 Å². The molecule has 94 valence electrons. The van der Waals surface area contributed by atoms with Crippen LogP contribution in [0.2, 0.25) is 0 Å². The second-order valence-electron chi connectivity index (χ2n) is 4.18. The van der Waals surface area contributed by atoms with E-state index in [-0.39, 0.29) is 0 Å². The maximum Gasteiger partial charge on any atom is 0.139 e. The van der Waals surface area contributed by atoms with Gasteiger partial charge in [0.25, 0.3) is 0 Å². The summed E-state index contributed by atoms with van der Waals surface area (Å²) < 4.78 is 0. The lowest BCUT2D eigenvalue weighted by molar-refractivity contribution is 0.316. The molecule has 0 spiro atoms. The van der Waals surface area contributed by atoms with Gasteiger partial charge >= 0.3 is 0 Å². The summed E-state index contributed by atoms with van der Waals surface area (Å²) >= 11 is 0. The largest absolute Gasteiger partial charge is 0.409 e. The van der Waals surface area contributed by atoms with Crippen LogP contribution in [0.15, 0.2) is 29.4 Å². The Morgan fingerprint density at radius 3 is 2.94 bits per heavy atom. The summed E-state index contributed by atoms with van der Waals surface area (Å²) in [6.45, 7) is 3.95. The fourth-order valence-corrected chi connectivity index (χ4v) is 1.67. The number of hydrogen-bond donors (Lipinski definition) is 3. The number of amidine groups is 1. The average molecular weight is 235 g/mol. The van der Waals surface area contributed by atoms with Crippen molar-refractivity contribution in [1.29, 1.82) is 0 Å². The molecule has 1 aromatic rings. The van der Waals surface area contributed by atoms with Gasteiger partial charge in [0.2, 0.25) is 0 Å². The first-order valence-corrected chi connectivity index (χ1v) is 5.95. The maximum absolute atomic E-state index is 8.35. The lowest BCUT2D eigenvalue weighted by atomic mass is 10.1. The normalized spacial score (nSPS) is 11.7. The van der Waals surface area contributed by atoms with Gasteiger partial charge in [0.15, 0.2) is 0 Å². The molecule has 4 nitrogen and oxygen atoms in total. The number of nitrogens with one attached hydrogen (secondary N) is 1. The smallest absolute Gasteiger partial charge is 0.139 e. The number of aryl methyl sites for hydroxylation is 1. The van der Waals surface area contributed by atoms with E-state index in [4.69, 9.17) is 10.9 Å². The molecule has 0 aliphatic rings. The maximum atomic E-state index is 8.35. The number of nitrogens with zero attached hydrogens (tertiary/aromatic N) is 1. The van der Waals surface area contributed by atoms with Crippen LogP contribution in [0.1, 0.15) is 24.0 Å². The van der Waals surface area contributed by atoms with Gasteiger partial charge in [0.1, 0.15) is 5.84 Å². The van der Waals surface area contributed by atoms with Gasteiger partial charge in [0.05, 0.1) is 0 Å². The third-order valence-corrected chi connectivity index (χ3v) is 2.59. The van der Waals surface area contributed by atoms with Gasteiger partial charge in [-0.05, 0) is 38.4 Å². The Labute approximate surface area is 103 Å². The van der Waals surface area contributed by atoms with Crippen molar-refractivity contribution >= 4 is 5.84 Å². The Hall–Kier alpha value is -1.55. The van der Waals surface area contributed by atoms with E-state index in [1.807, 2.05) is 0 Å². The fourth-order valence-electron chi connectivity index (χ4n) is 1.67. The van der Waals surface area contributed by atoms with E-state index in [0.717, 1.165) is 25.9 Å². The summed E-state index contributed by atoms with van der Waals surface area (Å²) in [7, 11) is 0. The van der Waals surface area contributed by atoms with Crippen LogP contribution in [0, 0.1) is 6.92 Å². The van der Waals surface area contributed by atoms with E-state index in [1.165, 1.54) is 11.1 Å². The molecule has 0 bridgehead atoms. The number of rotatable bonds is 7. The second kappa shape index (κ2) is 7.68. The van der Waals surface area contributed by atoms with E-state index < -0.39 is 0 Å². The molecule has 1 rings (SSSR count). The molecule has 0 heterocycles. The van der Waals surface area contributed by atoms with Crippen LogP contribution in [0.3, 0.4) is 0 Å². The SMILES string of the molecule is Cc1cccc(CCNCCC/C(N)=N/O)c1. The van der Waals surface area contributed by atoms with E-state index in [9.17, 15) is 0 Å². The molecule has 4 heteroatoms. The van der Waals surface area contributed by atoms with Crippen molar-refractivity contribution in [3.63, 3.8) is 0 Å². The van der Waals surface area contributed by atoms with Gasteiger partial charge in [0, 0.05) is 6.42 Å². The summed E-state index contributed by atoms with van der Waals surface area (Å²) in [6, 6.07) is 8.54. The molecule has 1 aromatic carbocycles. The standard InChI is InChI=1S/C13H21N3O/c1-11-4-2-5-12(10-11)7-9-15-8-3-6-13(14)16-17/h2,4-5,10,15,17H,3,6-9H2,1H3,(H2,14,16). The van der Waals surface area contributed by atoms with Gasteiger partial charge < -0.3 is 16.3 Å². The first-order valence-electron chi connectivity index (χ1n) is 5.95. The highest BCUT2D eigenvalue weighted by atomic mass is 16.4. The molecule has 0 aromatic heterocycles. The lowest BCUT2D eigenvalue weighted by Gasteiger charge is -2.05. The number of benzene rings is 1. The van der Waals surface area contributed by atoms with Crippen LogP contribution in [-0.4, -0.2) is 24.1 Å². The van der Waals surface area contributed by atoms with Gasteiger partial charge in [-0.25, -0.2) is 0 Å². The van der Waals surface area contributed by atoms with Crippen LogP contribution in [0.25, 0.3) is 0 Å². The van der Waals surface area contributed by atoms with Crippen LogP contribution in [-0.2, 0) is 6.42 Å². The van der Waals surface area contributed by atoms with Gasteiger partial charge in [-0.15, -0.1) is 0 Å². The third kappa shape index (κ3) is 5.92. The second-order valence-corrected chi connectivity index (χ2v) is 4.18. The molecule has 0 saturated carbocycles. The Balaban J connectivity index is 2.08. The van der Waals surface area contributed by atoms with Crippen molar-refractivity contribution in [3.05, 3.63) is 35.4 Å². The summed E-state index contributed by atoms with van der Waals surface area (Å²) in [6.07, 6.45) is 2.56. The van der Waals surface area contributed by atoms with Crippen LogP contribution < -0.4 is 11.1 Å². The molecule has 4 N–H and O–H groups in total. The first-order chi connectivity index (χ1) is 8.22. The van der Waals surface area contributed by atoms with E-state index in [2.05, 4.69) is 41.7 Å². The zero-order valence-electron chi connectivity index (χ0n) is 10.3. The number of nitrogens with two attached hydrogens (primary N) is 1. The van der Waals surface area contributed by atoms with E-state index in [1.54, 1.807) is 0 Å². The lowest BCUT2D eigenvalue weighted by Crippen LogP contribution is -2.20. The van der Waals surface area contributed by atoms with Gasteiger partial charge in [-0.2, -0.15) is 0 Å². The molecule has 0 saturated heterocycles. The fraction of sp³-hybridized carbons (Fsp3) is 0.462. The zero-order valence-corrected chi connectivity index (χ0v) is 10.3. The summed E-state index contributed by atoms with van der Waals surface area (Å²) in [5.41, 5.74) is 8.02. The molecule has 17 heavy (non-hydrogen) atoms. The predicted octanol–water partition coefficient (Wildman–Crippen LogP) is 1.65. The van der Waals surface area contributed by atoms with E-state index >= 15 is 0 Å².